The van der Waals surface area contributed by atoms with Gasteiger partial charge in [-0.3, -0.25) is 0 Å². The molecule has 2 aliphatic rings. The van der Waals surface area contributed by atoms with Crippen LogP contribution in [0.4, 0.5) is 17.1 Å². The zero-order valence-corrected chi connectivity index (χ0v) is 20.8. The van der Waals surface area contributed by atoms with Crippen molar-refractivity contribution in [1.29, 1.82) is 0 Å². The highest BCUT2D eigenvalue weighted by molar-refractivity contribution is 6.99. The van der Waals surface area contributed by atoms with Crippen molar-refractivity contribution in [3.8, 4) is 0 Å². The lowest BCUT2D eigenvalue weighted by atomic mass is 9.32. The molecule has 34 heavy (non-hydrogen) atoms. The summed E-state index contributed by atoms with van der Waals surface area (Å²) in [6.45, 7) is 12.6. The van der Waals surface area contributed by atoms with E-state index in [1.165, 1.54) is 55.5 Å². The second-order valence-corrected chi connectivity index (χ2v) is 10.4. The Morgan fingerprint density at radius 2 is 1.06 bits per heavy atom. The average Bonchev–Trinajstić information content (AvgIpc) is 2.77. The number of aryl methyl sites for hydroxylation is 6. The Morgan fingerprint density at radius 1 is 0.559 bits per heavy atom. The van der Waals surface area contributed by atoms with Gasteiger partial charge in [0.15, 0.2) is 0 Å². The average molecular weight is 441 g/mol. The SMILES string of the molecule is Cc1cc(C)c(B2c3cc(C)ccc3N3c4ccc(C)cc4B(O)c4cc(C)cc2c43)c(C)c1. The summed E-state index contributed by atoms with van der Waals surface area (Å²) in [5.74, 6) is 0. The standard InChI is InChI=1S/C30H29B2NO/c1-17-7-9-27-23(13-17)31(29-21(5)11-19(3)12-22(29)6)25-15-20(4)16-26-30(25)33(27)28-10-8-18(2)14-24(28)32(26)34/h7-16,34H,1-6H3. The summed E-state index contributed by atoms with van der Waals surface area (Å²) >= 11 is 0. The molecule has 0 aromatic heterocycles. The summed E-state index contributed by atoms with van der Waals surface area (Å²) in [6, 6.07) is 22.4. The zero-order chi connectivity index (χ0) is 23.9. The lowest BCUT2D eigenvalue weighted by Crippen LogP contribution is -2.63. The van der Waals surface area contributed by atoms with Crippen LogP contribution in [0.2, 0.25) is 0 Å². The van der Waals surface area contributed by atoms with E-state index < -0.39 is 6.92 Å². The van der Waals surface area contributed by atoms with Crippen LogP contribution in [0, 0.1) is 41.5 Å². The Balaban J connectivity index is 1.75. The van der Waals surface area contributed by atoms with E-state index in [-0.39, 0.29) is 6.71 Å². The van der Waals surface area contributed by atoms with Crippen molar-refractivity contribution < 1.29 is 5.02 Å². The fourth-order valence-corrected chi connectivity index (χ4v) is 6.39. The van der Waals surface area contributed by atoms with E-state index in [0.717, 1.165) is 22.3 Å². The number of fused-ring (bicyclic) bond motifs is 4. The monoisotopic (exact) mass is 441 g/mol. The molecule has 0 bridgehead atoms. The largest absolute Gasteiger partial charge is 0.443 e. The predicted molar refractivity (Wildman–Crippen MR) is 148 cm³/mol. The molecule has 0 fully saturated rings. The highest BCUT2D eigenvalue weighted by atomic mass is 16.2. The topological polar surface area (TPSA) is 23.5 Å². The Kier molecular flexibility index (Phi) is 4.63. The Hall–Kier alpha value is -3.23. The molecule has 6 rings (SSSR count). The minimum absolute atomic E-state index is 0.125. The van der Waals surface area contributed by atoms with Crippen LogP contribution in [0.5, 0.6) is 0 Å². The molecule has 0 saturated carbocycles. The van der Waals surface area contributed by atoms with Crippen molar-refractivity contribution in [2.24, 2.45) is 0 Å². The summed E-state index contributed by atoms with van der Waals surface area (Å²) in [4.78, 5) is 2.40. The molecule has 0 amide bonds. The summed E-state index contributed by atoms with van der Waals surface area (Å²) in [6.07, 6.45) is 0. The molecule has 4 heteroatoms. The first kappa shape index (κ1) is 21.3. The molecule has 166 valence electrons. The number of hydrogen-bond donors (Lipinski definition) is 1. The maximum absolute atomic E-state index is 11.6. The molecular formula is C30H29B2NO. The number of anilines is 3. The quantitative estimate of drug-likeness (QED) is 0.404. The fraction of sp³-hybridized carbons (Fsp3) is 0.200. The van der Waals surface area contributed by atoms with E-state index in [2.05, 4.69) is 107 Å². The van der Waals surface area contributed by atoms with Gasteiger partial charge in [-0.15, -0.1) is 0 Å². The van der Waals surface area contributed by atoms with Gasteiger partial charge < -0.3 is 9.92 Å². The van der Waals surface area contributed by atoms with Gasteiger partial charge in [-0.2, -0.15) is 0 Å². The molecule has 2 heterocycles. The van der Waals surface area contributed by atoms with E-state index in [9.17, 15) is 5.02 Å². The number of hydrogen-bond acceptors (Lipinski definition) is 2. The molecule has 0 saturated heterocycles. The zero-order valence-electron chi connectivity index (χ0n) is 20.8. The maximum Gasteiger partial charge on any atom is 0.363 e. The lowest BCUT2D eigenvalue weighted by Gasteiger charge is -2.43. The second-order valence-electron chi connectivity index (χ2n) is 10.4. The highest BCUT2D eigenvalue weighted by Gasteiger charge is 2.43. The van der Waals surface area contributed by atoms with Crippen molar-refractivity contribution in [3.05, 3.63) is 94.0 Å². The molecule has 4 aromatic carbocycles. The molecule has 2 nitrogen and oxygen atoms in total. The van der Waals surface area contributed by atoms with Crippen molar-refractivity contribution in [3.63, 3.8) is 0 Å². The third kappa shape index (κ3) is 2.95. The Morgan fingerprint density at radius 3 is 1.71 bits per heavy atom. The van der Waals surface area contributed by atoms with Gasteiger partial charge in [0, 0.05) is 17.1 Å². The maximum atomic E-state index is 11.6. The van der Waals surface area contributed by atoms with Gasteiger partial charge in [0.05, 0.1) is 0 Å². The Bertz CT molecular complexity index is 1480. The van der Waals surface area contributed by atoms with Crippen molar-refractivity contribution in [1.82, 2.24) is 0 Å². The highest BCUT2D eigenvalue weighted by Crippen LogP contribution is 2.37. The number of benzene rings is 4. The van der Waals surface area contributed by atoms with Crippen LogP contribution in [0.15, 0.2) is 60.7 Å². The van der Waals surface area contributed by atoms with Gasteiger partial charge in [-0.25, -0.2) is 0 Å². The van der Waals surface area contributed by atoms with Crippen LogP contribution in [-0.2, 0) is 0 Å². The third-order valence-electron chi connectivity index (χ3n) is 7.62. The van der Waals surface area contributed by atoms with Crippen LogP contribution in [0.1, 0.15) is 33.4 Å². The summed E-state index contributed by atoms with van der Waals surface area (Å²) in [7, 11) is 0. The van der Waals surface area contributed by atoms with Gasteiger partial charge in [0.2, 0.25) is 6.71 Å². The Labute approximate surface area is 203 Å². The van der Waals surface area contributed by atoms with Crippen molar-refractivity contribution >= 4 is 58.0 Å². The van der Waals surface area contributed by atoms with E-state index in [4.69, 9.17) is 0 Å². The van der Waals surface area contributed by atoms with Crippen molar-refractivity contribution in [2.75, 3.05) is 4.90 Å². The summed E-state index contributed by atoms with van der Waals surface area (Å²) in [5, 5.41) is 11.6. The molecule has 0 aliphatic carbocycles. The van der Waals surface area contributed by atoms with E-state index >= 15 is 0 Å². The van der Waals surface area contributed by atoms with E-state index in [1.54, 1.807) is 0 Å². The molecule has 0 radical (unpaired) electrons. The van der Waals surface area contributed by atoms with Gasteiger partial charge in [-0.05, 0) is 75.5 Å². The van der Waals surface area contributed by atoms with E-state index in [0.29, 0.717) is 0 Å². The molecule has 4 aromatic rings. The number of nitrogens with zero attached hydrogens (tertiary/aromatic N) is 1. The van der Waals surface area contributed by atoms with Crippen LogP contribution in [0.3, 0.4) is 0 Å². The van der Waals surface area contributed by atoms with Crippen molar-refractivity contribution in [2.45, 2.75) is 41.5 Å². The van der Waals surface area contributed by atoms with Gasteiger partial charge >= 0.3 is 6.92 Å². The minimum atomic E-state index is -0.632. The molecule has 1 N–H and O–H groups in total. The molecule has 0 unspecified atom stereocenters. The fourth-order valence-electron chi connectivity index (χ4n) is 6.39. The smallest absolute Gasteiger partial charge is 0.363 e. The summed E-state index contributed by atoms with van der Waals surface area (Å²) in [5.41, 5.74) is 17.0. The van der Waals surface area contributed by atoms with Crippen LogP contribution in [0.25, 0.3) is 0 Å². The minimum Gasteiger partial charge on any atom is -0.443 e. The first-order valence-electron chi connectivity index (χ1n) is 12.2. The molecule has 0 spiro atoms. The predicted octanol–water partition coefficient (Wildman–Crippen LogP) is 3.25. The van der Waals surface area contributed by atoms with Gasteiger partial charge in [0.1, 0.15) is 0 Å². The third-order valence-corrected chi connectivity index (χ3v) is 7.62. The van der Waals surface area contributed by atoms with E-state index in [1.807, 2.05) is 0 Å². The number of rotatable bonds is 1. The van der Waals surface area contributed by atoms with Gasteiger partial charge in [-0.1, -0.05) is 87.4 Å². The van der Waals surface area contributed by atoms with Crippen LogP contribution < -0.4 is 32.2 Å². The molecule has 0 atom stereocenters. The van der Waals surface area contributed by atoms with Crippen LogP contribution in [-0.4, -0.2) is 18.7 Å². The molecule has 2 aliphatic heterocycles. The first-order chi connectivity index (χ1) is 16.2. The second kappa shape index (κ2) is 7.38. The lowest BCUT2D eigenvalue weighted by molar-refractivity contribution is 0.599. The molecular weight excluding hydrogens is 412 g/mol. The normalized spacial score (nSPS) is 13.6. The first-order valence-corrected chi connectivity index (χ1v) is 12.2. The van der Waals surface area contributed by atoms with Gasteiger partial charge in [0.25, 0.3) is 0 Å². The summed E-state index contributed by atoms with van der Waals surface area (Å²) < 4.78 is 0. The van der Waals surface area contributed by atoms with Crippen LogP contribution >= 0.6 is 0 Å².